The molecule has 0 spiro atoms. The molecular weight excluding hydrogens is 277 g/mol. The summed E-state index contributed by atoms with van der Waals surface area (Å²) in [5, 5.41) is 10.6. The van der Waals surface area contributed by atoms with Crippen LogP contribution in [0.25, 0.3) is 0 Å². The van der Waals surface area contributed by atoms with Gasteiger partial charge in [-0.25, -0.2) is 4.39 Å². The Bertz CT molecular complexity index is 564. The summed E-state index contributed by atoms with van der Waals surface area (Å²) in [4.78, 5) is 25.4. The van der Waals surface area contributed by atoms with Gasteiger partial charge in [0, 0.05) is 38.2 Å². The number of halogens is 1. The standard InChI is InChI=1S/C14H18FN3O3/c1-3-14(19)17-7-6-16(9-10(17)2)13-5-4-11(18(20)21)8-12(13)15/h4-5,8,10H,3,6-7,9H2,1-2H3/t10-/m1/s1. The number of non-ortho nitro benzene ring substituents is 1. The normalized spacial score (nSPS) is 18.7. The van der Waals surface area contributed by atoms with Gasteiger partial charge in [-0.15, -0.1) is 0 Å². The molecule has 1 aliphatic heterocycles. The van der Waals surface area contributed by atoms with Crippen molar-refractivity contribution in [2.45, 2.75) is 26.3 Å². The second-order valence-corrected chi connectivity index (χ2v) is 5.13. The topological polar surface area (TPSA) is 66.7 Å². The van der Waals surface area contributed by atoms with E-state index in [2.05, 4.69) is 0 Å². The van der Waals surface area contributed by atoms with Crippen LogP contribution in [0.3, 0.4) is 0 Å². The zero-order valence-corrected chi connectivity index (χ0v) is 12.1. The zero-order chi connectivity index (χ0) is 15.6. The van der Waals surface area contributed by atoms with Gasteiger partial charge in [-0.1, -0.05) is 6.92 Å². The third kappa shape index (κ3) is 3.12. The first-order valence-corrected chi connectivity index (χ1v) is 6.92. The molecule has 0 radical (unpaired) electrons. The lowest BCUT2D eigenvalue weighted by Gasteiger charge is -2.41. The van der Waals surface area contributed by atoms with Crippen LogP contribution < -0.4 is 4.90 Å². The highest BCUT2D eigenvalue weighted by molar-refractivity contribution is 5.76. The molecule has 1 aliphatic rings. The number of amides is 1. The van der Waals surface area contributed by atoms with Crippen molar-refractivity contribution in [3.8, 4) is 0 Å². The van der Waals surface area contributed by atoms with Gasteiger partial charge in [0.25, 0.3) is 5.69 Å². The van der Waals surface area contributed by atoms with Gasteiger partial charge in [0.2, 0.25) is 5.91 Å². The molecule has 0 unspecified atom stereocenters. The van der Waals surface area contributed by atoms with Gasteiger partial charge in [0.15, 0.2) is 5.82 Å². The first-order chi connectivity index (χ1) is 9.93. The van der Waals surface area contributed by atoms with Crippen LogP contribution in [0.4, 0.5) is 15.8 Å². The smallest absolute Gasteiger partial charge is 0.272 e. The summed E-state index contributed by atoms with van der Waals surface area (Å²) in [6, 6.07) is 3.65. The van der Waals surface area contributed by atoms with Crippen molar-refractivity contribution < 1.29 is 14.1 Å². The van der Waals surface area contributed by atoms with Crippen molar-refractivity contribution in [3.05, 3.63) is 34.1 Å². The van der Waals surface area contributed by atoms with E-state index in [1.54, 1.807) is 4.90 Å². The molecule has 0 aromatic heterocycles. The summed E-state index contributed by atoms with van der Waals surface area (Å²) in [5.41, 5.74) is 0.0835. The number of benzene rings is 1. The van der Waals surface area contributed by atoms with Gasteiger partial charge in [-0.3, -0.25) is 14.9 Å². The maximum Gasteiger partial charge on any atom is 0.272 e. The number of hydrogen-bond acceptors (Lipinski definition) is 4. The van der Waals surface area contributed by atoms with E-state index in [-0.39, 0.29) is 17.6 Å². The number of hydrogen-bond donors (Lipinski definition) is 0. The number of rotatable bonds is 3. The van der Waals surface area contributed by atoms with Crippen molar-refractivity contribution in [2.24, 2.45) is 0 Å². The second kappa shape index (κ2) is 6.07. The SMILES string of the molecule is CCC(=O)N1CCN(c2ccc([N+](=O)[O-])cc2F)C[C@H]1C. The molecule has 21 heavy (non-hydrogen) atoms. The number of carbonyl (C=O) groups excluding carboxylic acids is 1. The molecule has 1 atom stereocenters. The number of nitrogens with zero attached hydrogens (tertiary/aromatic N) is 3. The summed E-state index contributed by atoms with van der Waals surface area (Å²) in [5.74, 6) is -0.516. The van der Waals surface area contributed by atoms with Gasteiger partial charge in [0.05, 0.1) is 16.7 Å². The molecule has 7 heteroatoms. The third-order valence-corrected chi connectivity index (χ3v) is 3.73. The van der Waals surface area contributed by atoms with Crippen LogP contribution in [0, 0.1) is 15.9 Å². The highest BCUT2D eigenvalue weighted by Gasteiger charge is 2.28. The molecule has 0 aliphatic carbocycles. The highest BCUT2D eigenvalue weighted by Crippen LogP contribution is 2.26. The van der Waals surface area contributed by atoms with Gasteiger partial charge < -0.3 is 9.80 Å². The molecule has 0 saturated carbocycles. The van der Waals surface area contributed by atoms with Crippen LogP contribution in [0.5, 0.6) is 0 Å². The molecule has 114 valence electrons. The van der Waals surface area contributed by atoms with Crippen molar-refractivity contribution in [3.63, 3.8) is 0 Å². The zero-order valence-electron chi connectivity index (χ0n) is 12.1. The second-order valence-electron chi connectivity index (χ2n) is 5.13. The molecule has 1 aromatic carbocycles. The average molecular weight is 295 g/mol. The Kier molecular flexibility index (Phi) is 4.40. The lowest BCUT2D eigenvalue weighted by Crippen LogP contribution is -2.54. The molecule has 1 saturated heterocycles. The predicted molar refractivity (Wildman–Crippen MR) is 76.7 cm³/mol. The number of piperazine rings is 1. The van der Waals surface area contributed by atoms with Crippen LogP contribution in [-0.2, 0) is 4.79 Å². The van der Waals surface area contributed by atoms with Gasteiger partial charge in [-0.05, 0) is 13.0 Å². The number of nitro benzene ring substituents is 1. The van der Waals surface area contributed by atoms with E-state index in [0.29, 0.717) is 31.7 Å². The fourth-order valence-corrected chi connectivity index (χ4v) is 2.62. The van der Waals surface area contributed by atoms with Crippen molar-refractivity contribution in [2.75, 3.05) is 24.5 Å². The van der Waals surface area contributed by atoms with Crippen LogP contribution in [0.2, 0.25) is 0 Å². The molecule has 0 bridgehead atoms. The highest BCUT2D eigenvalue weighted by atomic mass is 19.1. The summed E-state index contributed by atoms with van der Waals surface area (Å²) in [6.07, 6.45) is 0.455. The lowest BCUT2D eigenvalue weighted by molar-refractivity contribution is -0.385. The molecule has 1 aromatic rings. The minimum Gasteiger partial charge on any atom is -0.365 e. The van der Waals surface area contributed by atoms with E-state index in [1.165, 1.54) is 12.1 Å². The molecule has 1 amide bonds. The molecule has 2 rings (SSSR count). The number of anilines is 1. The fourth-order valence-electron chi connectivity index (χ4n) is 2.62. The van der Waals surface area contributed by atoms with Gasteiger partial charge in [0.1, 0.15) is 0 Å². The summed E-state index contributed by atoms with van der Waals surface area (Å²) < 4.78 is 14.0. The lowest BCUT2D eigenvalue weighted by atomic mass is 10.1. The van der Waals surface area contributed by atoms with Crippen molar-refractivity contribution in [1.82, 2.24) is 4.90 Å². The van der Waals surface area contributed by atoms with Gasteiger partial charge >= 0.3 is 0 Å². The Hall–Kier alpha value is -2.18. The van der Waals surface area contributed by atoms with Crippen LogP contribution >= 0.6 is 0 Å². The molecule has 1 heterocycles. The molecule has 1 fully saturated rings. The monoisotopic (exact) mass is 295 g/mol. The Morgan fingerprint density at radius 1 is 1.48 bits per heavy atom. The van der Waals surface area contributed by atoms with Crippen molar-refractivity contribution >= 4 is 17.3 Å². The Morgan fingerprint density at radius 2 is 2.19 bits per heavy atom. The van der Waals surface area contributed by atoms with Crippen LogP contribution in [0.15, 0.2) is 18.2 Å². The maximum atomic E-state index is 14.0. The molecule has 0 N–H and O–H groups in total. The maximum absolute atomic E-state index is 14.0. The third-order valence-electron chi connectivity index (χ3n) is 3.73. The minimum absolute atomic E-state index is 0.0132. The van der Waals surface area contributed by atoms with Crippen LogP contribution in [0.1, 0.15) is 20.3 Å². The summed E-state index contributed by atoms with van der Waals surface area (Å²) in [6.45, 7) is 5.30. The van der Waals surface area contributed by atoms with E-state index in [4.69, 9.17) is 0 Å². The summed E-state index contributed by atoms with van der Waals surface area (Å²) >= 11 is 0. The molecule has 6 nitrogen and oxygen atoms in total. The quantitative estimate of drug-likeness (QED) is 0.633. The fraction of sp³-hybridized carbons (Fsp3) is 0.500. The van der Waals surface area contributed by atoms with E-state index >= 15 is 0 Å². The average Bonchev–Trinajstić information content (AvgIpc) is 2.46. The van der Waals surface area contributed by atoms with E-state index in [0.717, 1.165) is 6.07 Å². The largest absolute Gasteiger partial charge is 0.365 e. The Labute approximate surface area is 122 Å². The first kappa shape index (κ1) is 15.2. The van der Waals surface area contributed by atoms with Crippen LogP contribution in [-0.4, -0.2) is 41.4 Å². The summed E-state index contributed by atoms with van der Waals surface area (Å²) in [7, 11) is 0. The van der Waals surface area contributed by atoms with E-state index in [1.807, 2.05) is 18.7 Å². The van der Waals surface area contributed by atoms with E-state index in [9.17, 15) is 19.3 Å². The van der Waals surface area contributed by atoms with Crippen molar-refractivity contribution in [1.29, 1.82) is 0 Å². The number of carbonyl (C=O) groups is 1. The first-order valence-electron chi connectivity index (χ1n) is 6.92. The minimum atomic E-state index is -0.618. The van der Waals surface area contributed by atoms with E-state index < -0.39 is 10.7 Å². The Morgan fingerprint density at radius 3 is 2.71 bits per heavy atom. The predicted octanol–water partition coefficient (Wildman–Crippen LogP) is 2.18. The number of nitro groups is 1. The van der Waals surface area contributed by atoms with Gasteiger partial charge in [-0.2, -0.15) is 0 Å². The molecular formula is C14H18FN3O3. The Balaban J connectivity index is 2.14.